The second-order valence-corrected chi connectivity index (χ2v) is 11.4. The van der Waals surface area contributed by atoms with Crippen LogP contribution >= 0.6 is 0 Å². The molecule has 0 unspecified atom stereocenters. The van der Waals surface area contributed by atoms with E-state index in [9.17, 15) is 4.79 Å². The van der Waals surface area contributed by atoms with E-state index in [1.54, 1.807) is 6.20 Å². The monoisotopic (exact) mass is 594 g/mol. The Bertz CT molecular complexity index is 1940. The number of carbonyl (C=O) groups is 1. The van der Waals surface area contributed by atoms with E-state index in [0.717, 1.165) is 66.1 Å². The Morgan fingerprint density at radius 2 is 1.62 bits per heavy atom. The van der Waals surface area contributed by atoms with Crippen LogP contribution in [0.3, 0.4) is 0 Å². The minimum Gasteiger partial charge on any atom is -0.465 e. The number of benzene rings is 3. The van der Waals surface area contributed by atoms with Crippen molar-refractivity contribution < 1.29 is 9.53 Å². The van der Waals surface area contributed by atoms with Crippen LogP contribution in [0, 0.1) is 0 Å². The van der Waals surface area contributed by atoms with Crippen molar-refractivity contribution in [2.24, 2.45) is 0 Å². The number of nitrogen functional groups attached to an aromatic ring is 1. The first-order valence-electron chi connectivity index (χ1n) is 15.2. The van der Waals surface area contributed by atoms with Crippen LogP contribution in [0.2, 0.25) is 0 Å². The van der Waals surface area contributed by atoms with Gasteiger partial charge in [-0.25, -0.2) is 19.7 Å². The van der Waals surface area contributed by atoms with Crippen LogP contribution < -0.4 is 5.73 Å². The van der Waals surface area contributed by atoms with Crippen molar-refractivity contribution in [1.82, 2.24) is 24.4 Å². The van der Waals surface area contributed by atoms with Gasteiger partial charge in [-0.2, -0.15) is 0 Å². The molecule has 0 bridgehead atoms. The van der Waals surface area contributed by atoms with E-state index in [2.05, 4.69) is 50.8 Å². The average molecular weight is 595 g/mol. The Morgan fingerprint density at radius 1 is 0.867 bits per heavy atom. The van der Waals surface area contributed by atoms with Gasteiger partial charge in [-0.1, -0.05) is 54.6 Å². The maximum atomic E-state index is 11.7. The molecule has 3 aromatic carbocycles. The molecule has 45 heavy (non-hydrogen) atoms. The lowest BCUT2D eigenvalue weighted by molar-refractivity contribution is 0.0600. The van der Waals surface area contributed by atoms with Crippen molar-refractivity contribution >= 4 is 23.0 Å². The Morgan fingerprint density at radius 3 is 2.33 bits per heavy atom. The number of piperidine rings is 1. The fraction of sp³-hybridized carbons (Fsp3) is 0.189. The van der Waals surface area contributed by atoms with Crippen molar-refractivity contribution in [3.63, 3.8) is 0 Å². The summed E-state index contributed by atoms with van der Waals surface area (Å²) in [5.74, 6) is 1.34. The maximum absolute atomic E-state index is 11.7. The quantitative estimate of drug-likeness (QED) is 0.201. The minimum atomic E-state index is -0.305. The van der Waals surface area contributed by atoms with Crippen LogP contribution in [0.1, 0.15) is 40.2 Å². The van der Waals surface area contributed by atoms with E-state index in [4.69, 9.17) is 20.4 Å². The standard InChI is InChI=1S/C37H34N6O2/c1-45-37(44)29-11-9-25(10-12-29)24-42-22-19-27(20-23-42)26-13-15-30(16-14-26)43-35(31-8-5-21-39-34(31)38)41-33-18-17-32(40-36(33)43)28-6-3-2-4-7-28/h2-18,21,27H,19-20,22-24H2,1H3,(H2,38,39). The minimum absolute atomic E-state index is 0.305. The third-order valence-corrected chi connectivity index (χ3v) is 8.64. The third-order valence-electron chi connectivity index (χ3n) is 8.64. The summed E-state index contributed by atoms with van der Waals surface area (Å²) < 4.78 is 6.91. The molecule has 1 saturated heterocycles. The highest BCUT2D eigenvalue weighted by atomic mass is 16.5. The van der Waals surface area contributed by atoms with E-state index in [0.29, 0.717) is 23.1 Å². The van der Waals surface area contributed by atoms with Crippen LogP contribution in [-0.4, -0.2) is 50.6 Å². The number of anilines is 1. The van der Waals surface area contributed by atoms with Gasteiger partial charge in [0.05, 0.1) is 23.9 Å². The Balaban J connectivity index is 1.13. The molecule has 2 N–H and O–H groups in total. The van der Waals surface area contributed by atoms with Gasteiger partial charge < -0.3 is 10.5 Å². The number of methoxy groups -OCH3 is 1. The SMILES string of the molecule is COC(=O)c1ccc(CN2CCC(c3ccc(-n4c(-c5cccnc5N)nc5ccc(-c6ccccc6)nc54)cc3)CC2)cc1. The summed E-state index contributed by atoms with van der Waals surface area (Å²) in [5.41, 5.74) is 14.7. The number of pyridine rings is 2. The van der Waals surface area contributed by atoms with Gasteiger partial charge in [-0.3, -0.25) is 9.47 Å². The molecule has 8 nitrogen and oxygen atoms in total. The van der Waals surface area contributed by atoms with E-state index in [1.807, 2.05) is 66.7 Å². The van der Waals surface area contributed by atoms with Gasteiger partial charge in [0, 0.05) is 24.0 Å². The molecule has 4 heterocycles. The van der Waals surface area contributed by atoms with E-state index in [-0.39, 0.29) is 5.97 Å². The molecule has 3 aromatic heterocycles. The topological polar surface area (TPSA) is 99.2 Å². The predicted molar refractivity (Wildman–Crippen MR) is 177 cm³/mol. The predicted octanol–water partition coefficient (Wildman–Crippen LogP) is 6.90. The first-order valence-corrected chi connectivity index (χ1v) is 15.2. The molecule has 7 rings (SSSR count). The molecule has 0 atom stereocenters. The van der Waals surface area contributed by atoms with Gasteiger partial charge in [0.25, 0.3) is 0 Å². The highest BCUT2D eigenvalue weighted by Crippen LogP contribution is 2.34. The van der Waals surface area contributed by atoms with Gasteiger partial charge in [0.2, 0.25) is 0 Å². The smallest absolute Gasteiger partial charge is 0.337 e. The van der Waals surface area contributed by atoms with Crippen LogP contribution in [0.5, 0.6) is 0 Å². The summed E-state index contributed by atoms with van der Waals surface area (Å²) in [4.78, 5) is 28.6. The largest absolute Gasteiger partial charge is 0.465 e. The van der Waals surface area contributed by atoms with Crippen LogP contribution in [0.25, 0.3) is 39.5 Å². The number of ether oxygens (including phenoxy) is 1. The van der Waals surface area contributed by atoms with Crippen molar-refractivity contribution in [3.05, 3.63) is 126 Å². The molecule has 1 aliphatic heterocycles. The van der Waals surface area contributed by atoms with Crippen molar-refractivity contribution in [3.8, 4) is 28.3 Å². The Hall–Kier alpha value is -5.34. The molecule has 0 saturated carbocycles. The molecule has 0 spiro atoms. The summed E-state index contributed by atoms with van der Waals surface area (Å²) in [6, 6.07) is 34.6. The normalized spacial score (nSPS) is 14.1. The Labute approximate surface area is 262 Å². The van der Waals surface area contributed by atoms with Crippen LogP contribution in [0.15, 0.2) is 109 Å². The fourth-order valence-electron chi connectivity index (χ4n) is 6.20. The zero-order valence-electron chi connectivity index (χ0n) is 25.1. The summed E-state index contributed by atoms with van der Waals surface area (Å²) in [7, 11) is 1.41. The van der Waals surface area contributed by atoms with Crippen LogP contribution in [-0.2, 0) is 11.3 Å². The number of fused-ring (bicyclic) bond motifs is 1. The first kappa shape index (κ1) is 28.4. The van der Waals surface area contributed by atoms with Crippen molar-refractivity contribution in [1.29, 1.82) is 0 Å². The number of hydrogen-bond donors (Lipinski definition) is 1. The summed E-state index contributed by atoms with van der Waals surface area (Å²) in [6.07, 6.45) is 3.87. The molecule has 0 aliphatic carbocycles. The maximum Gasteiger partial charge on any atom is 0.337 e. The van der Waals surface area contributed by atoms with Gasteiger partial charge in [0.1, 0.15) is 11.3 Å². The van der Waals surface area contributed by atoms with Gasteiger partial charge >= 0.3 is 5.97 Å². The number of aromatic nitrogens is 4. The third kappa shape index (κ3) is 5.80. The zero-order valence-corrected chi connectivity index (χ0v) is 25.1. The van der Waals surface area contributed by atoms with Gasteiger partial charge in [-0.05, 0) is 91.5 Å². The molecule has 1 fully saturated rings. The lowest BCUT2D eigenvalue weighted by Crippen LogP contribution is -2.32. The number of hydrogen-bond acceptors (Lipinski definition) is 7. The summed E-state index contributed by atoms with van der Waals surface area (Å²) in [6.45, 7) is 2.92. The summed E-state index contributed by atoms with van der Waals surface area (Å²) in [5, 5.41) is 0. The number of carbonyl (C=O) groups excluding carboxylic acids is 1. The molecular formula is C37H34N6O2. The molecule has 224 valence electrons. The molecule has 1 aliphatic rings. The van der Waals surface area contributed by atoms with Crippen molar-refractivity contribution in [2.45, 2.75) is 25.3 Å². The second-order valence-electron chi connectivity index (χ2n) is 11.4. The van der Waals surface area contributed by atoms with E-state index >= 15 is 0 Å². The van der Waals surface area contributed by atoms with E-state index < -0.39 is 0 Å². The molecule has 8 heteroatoms. The molecule has 6 aromatic rings. The summed E-state index contributed by atoms with van der Waals surface area (Å²) >= 11 is 0. The number of rotatable bonds is 7. The number of esters is 1. The van der Waals surface area contributed by atoms with Gasteiger partial charge in [-0.15, -0.1) is 0 Å². The zero-order chi connectivity index (χ0) is 30.8. The fourth-order valence-corrected chi connectivity index (χ4v) is 6.20. The van der Waals surface area contributed by atoms with Crippen molar-refractivity contribution in [2.75, 3.05) is 25.9 Å². The first-order chi connectivity index (χ1) is 22.1. The van der Waals surface area contributed by atoms with Crippen LogP contribution in [0.4, 0.5) is 5.82 Å². The number of nitrogens with two attached hydrogens (primary N) is 1. The highest BCUT2D eigenvalue weighted by molar-refractivity contribution is 5.89. The second kappa shape index (κ2) is 12.3. The molecular weight excluding hydrogens is 560 g/mol. The molecule has 0 radical (unpaired) electrons. The highest BCUT2D eigenvalue weighted by Gasteiger charge is 2.22. The lowest BCUT2D eigenvalue weighted by atomic mass is 9.89. The Kier molecular flexibility index (Phi) is 7.80. The number of likely N-dealkylation sites (tertiary alicyclic amines) is 1. The number of nitrogens with zero attached hydrogens (tertiary/aromatic N) is 5. The molecule has 0 amide bonds. The lowest BCUT2D eigenvalue weighted by Gasteiger charge is -2.32. The van der Waals surface area contributed by atoms with E-state index in [1.165, 1.54) is 18.2 Å². The van der Waals surface area contributed by atoms with Gasteiger partial charge in [0.15, 0.2) is 11.5 Å². The average Bonchev–Trinajstić information content (AvgIpc) is 3.48. The number of imidazole rings is 1.